The summed E-state index contributed by atoms with van der Waals surface area (Å²) < 4.78 is 5.92. The van der Waals surface area contributed by atoms with E-state index in [4.69, 9.17) is 16.3 Å². The summed E-state index contributed by atoms with van der Waals surface area (Å²) in [5.41, 5.74) is 4.41. The molecule has 0 fully saturated rings. The number of ether oxygens (including phenoxy) is 1. The molecule has 0 radical (unpaired) electrons. The number of aromatic nitrogens is 2. The third-order valence-corrected chi connectivity index (χ3v) is 4.64. The van der Waals surface area contributed by atoms with Gasteiger partial charge in [-0.2, -0.15) is 0 Å². The number of hydrogen-bond acceptors (Lipinski definition) is 3. The number of nitrogens with one attached hydrogen (secondary N) is 2. The van der Waals surface area contributed by atoms with E-state index in [1.165, 1.54) is 11.1 Å². The van der Waals surface area contributed by atoms with Crippen molar-refractivity contribution < 1.29 is 4.74 Å². The minimum Gasteiger partial charge on any atom is -0.457 e. The van der Waals surface area contributed by atoms with Gasteiger partial charge in [-0.3, -0.25) is 0 Å². The van der Waals surface area contributed by atoms with Gasteiger partial charge in [-0.25, -0.2) is 4.98 Å². The molecule has 0 bridgehead atoms. The van der Waals surface area contributed by atoms with Gasteiger partial charge in [0.2, 0.25) is 0 Å². The zero-order valence-corrected chi connectivity index (χ0v) is 15.5. The van der Waals surface area contributed by atoms with Gasteiger partial charge in [-0.05, 0) is 60.5 Å². The molecule has 3 aromatic carbocycles. The van der Waals surface area contributed by atoms with E-state index < -0.39 is 0 Å². The van der Waals surface area contributed by atoms with Gasteiger partial charge in [0.15, 0.2) is 0 Å². The van der Waals surface area contributed by atoms with Crippen molar-refractivity contribution in [3.05, 3.63) is 89.2 Å². The first-order valence-corrected chi connectivity index (χ1v) is 9.29. The molecule has 1 aromatic heterocycles. The number of halogens is 1. The van der Waals surface area contributed by atoms with Crippen molar-refractivity contribution in [1.82, 2.24) is 15.3 Å². The Morgan fingerprint density at radius 3 is 2.44 bits per heavy atom. The van der Waals surface area contributed by atoms with Crippen molar-refractivity contribution in [2.45, 2.75) is 13.0 Å². The Kier molecular flexibility index (Phi) is 5.37. The minimum atomic E-state index is 0.776. The topological polar surface area (TPSA) is 49.9 Å². The largest absolute Gasteiger partial charge is 0.457 e. The highest BCUT2D eigenvalue weighted by atomic mass is 35.5. The average Bonchev–Trinajstić information content (AvgIpc) is 3.16. The fourth-order valence-electron chi connectivity index (χ4n) is 2.91. The molecule has 2 N–H and O–H groups in total. The summed E-state index contributed by atoms with van der Waals surface area (Å²) >= 11 is 5.91. The number of imidazole rings is 1. The second kappa shape index (κ2) is 8.25. The highest BCUT2D eigenvalue weighted by molar-refractivity contribution is 6.30. The first-order chi connectivity index (χ1) is 13.3. The van der Waals surface area contributed by atoms with Crippen LogP contribution in [0.5, 0.6) is 11.5 Å². The lowest BCUT2D eigenvalue weighted by atomic mass is 10.1. The zero-order chi connectivity index (χ0) is 18.5. The van der Waals surface area contributed by atoms with Gasteiger partial charge in [0.05, 0.1) is 17.4 Å². The molecule has 5 heteroatoms. The number of benzene rings is 3. The summed E-state index contributed by atoms with van der Waals surface area (Å²) in [6.45, 7) is 1.75. The number of aromatic amines is 1. The van der Waals surface area contributed by atoms with E-state index in [2.05, 4.69) is 39.6 Å². The van der Waals surface area contributed by atoms with Crippen molar-refractivity contribution in [2.75, 3.05) is 6.54 Å². The number of H-pyrrole nitrogens is 1. The molecule has 4 nitrogen and oxygen atoms in total. The van der Waals surface area contributed by atoms with Crippen molar-refractivity contribution in [2.24, 2.45) is 0 Å². The Balaban J connectivity index is 1.27. The van der Waals surface area contributed by atoms with Crippen molar-refractivity contribution in [3.63, 3.8) is 0 Å². The first kappa shape index (κ1) is 17.6. The normalized spacial score (nSPS) is 11.0. The molecule has 0 aliphatic heterocycles. The maximum Gasteiger partial charge on any atom is 0.129 e. The molecule has 0 spiro atoms. The molecule has 4 aromatic rings. The molecule has 0 amide bonds. The Morgan fingerprint density at radius 1 is 0.889 bits per heavy atom. The number of rotatable bonds is 7. The molecule has 1 heterocycles. The van der Waals surface area contributed by atoms with Crippen LogP contribution in [0.25, 0.3) is 11.0 Å². The second-order valence-corrected chi connectivity index (χ2v) is 6.82. The van der Waals surface area contributed by atoms with Crippen molar-refractivity contribution >= 4 is 22.6 Å². The van der Waals surface area contributed by atoms with E-state index in [1.54, 1.807) is 6.33 Å². The highest BCUT2D eigenvalue weighted by Gasteiger charge is 2.02. The zero-order valence-electron chi connectivity index (χ0n) is 14.8. The number of fused-ring (bicyclic) bond motifs is 1. The van der Waals surface area contributed by atoms with Gasteiger partial charge in [0.25, 0.3) is 0 Å². The summed E-state index contributed by atoms with van der Waals surface area (Å²) in [5.74, 6) is 1.61. The molecular weight excluding hydrogens is 358 g/mol. The smallest absolute Gasteiger partial charge is 0.129 e. The SMILES string of the molecule is Clc1ccc(CCNCc2ccc(Oc3ccc4nc[nH]c4c3)cc2)cc1. The van der Waals surface area contributed by atoms with E-state index in [0.717, 1.165) is 47.1 Å². The summed E-state index contributed by atoms with van der Waals surface area (Å²) in [4.78, 5) is 7.31. The van der Waals surface area contributed by atoms with Gasteiger partial charge in [-0.15, -0.1) is 0 Å². The highest BCUT2D eigenvalue weighted by Crippen LogP contribution is 2.24. The summed E-state index contributed by atoms with van der Waals surface area (Å²) in [6, 6.07) is 22.0. The Hall–Kier alpha value is -2.82. The van der Waals surface area contributed by atoms with Crippen LogP contribution in [0, 0.1) is 0 Å². The van der Waals surface area contributed by atoms with Crippen LogP contribution in [-0.4, -0.2) is 16.5 Å². The molecule has 27 heavy (non-hydrogen) atoms. The monoisotopic (exact) mass is 377 g/mol. The van der Waals surface area contributed by atoms with Crippen LogP contribution < -0.4 is 10.1 Å². The molecule has 0 aliphatic rings. The number of nitrogens with zero attached hydrogens (tertiary/aromatic N) is 1. The molecule has 0 aliphatic carbocycles. The predicted octanol–water partition coefficient (Wildman–Crippen LogP) is 5.34. The molecule has 136 valence electrons. The predicted molar refractivity (Wildman–Crippen MR) is 109 cm³/mol. The van der Waals surface area contributed by atoms with Crippen LogP contribution in [0.15, 0.2) is 73.1 Å². The van der Waals surface area contributed by atoms with Gasteiger partial charge in [0.1, 0.15) is 11.5 Å². The van der Waals surface area contributed by atoms with Gasteiger partial charge in [0, 0.05) is 17.6 Å². The van der Waals surface area contributed by atoms with Crippen molar-refractivity contribution in [1.29, 1.82) is 0 Å². The molecule has 0 atom stereocenters. The van der Waals surface area contributed by atoms with Gasteiger partial charge >= 0.3 is 0 Å². The van der Waals surface area contributed by atoms with Crippen molar-refractivity contribution in [3.8, 4) is 11.5 Å². The third-order valence-electron chi connectivity index (χ3n) is 4.38. The lowest BCUT2D eigenvalue weighted by Gasteiger charge is -2.08. The minimum absolute atomic E-state index is 0.776. The lowest BCUT2D eigenvalue weighted by Crippen LogP contribution is -2.16. The van der Waals surface area contributed by atoms with E-state index in [0.29, 0.717) is 0 Å². The second-order valence-electron chi connectivity index (χ2n) is 6.38. The molecule has 0 unspecified atom stereocenters. The van der Waals surface area contributed by atoms with E-state index in [9.17, 15) is 0 Å². The van der Waals surface area contributed by atoms with Crippen LogP contribution in [0.1, 0.15) is 11.1 Å². The summed E-state index contributed by atoms with van der Waals surface area (Å²) in [6.07, 6.45) is 2.66. The average molecular weight is 378 g/mol. The Morgan fingerprint density at radius 2 is 1.63 bits per heavy atom. The van der Waals surface area contributed by atoms with E-state index >= 15 is 0 Å². The molecule has 4 rings (SSSR count). The molecular formula is C22H20ClN3O. The van der Waals surface area contributed by atoms with Crippen LogP contribution in [0.3, 0.4) is 0 Å². The summed E-state index contributed by atoms with van der Waals surface area (Å²) in [7, 11) is 0. The van der Waals surface area contributed by atoms with E-state index in [1.807, 2.05) is 42.5 Å². The van der Waals surface area contributed by atoms with Crippen LogP contribution in [0.4, 0.5) is 0 Å². The van der Waals surface area contributed by atoms with Crippen LogP contribution >= 0.6 is 11.6 Å². The maximum absolute atomic E-state index is 5.92. The maximum atomic E-state index is 5.92. The van der Waals surface area contributed by atoms with E-state index in [-0.39, 0.29) is 0 Å². The fourth-order valence-corrected chi connectivity index (χ4v) is 3.03. The quantitative estimate of drug-likeness (QED) is 0.427. The van der Waals surface area contributed by atoms with Gasteiger partial charge < -0.3 is 15.0 Å². The Bertz CT molecular complexity index is 1010. The fraction of sp³-hybridized carbons (Fsp3) is 0.136. The van der Waals surface area contributed by atoms with Gasteiger partial charge in [-0.1, -0.05) is 35.9 Å². The third kappa shape index (κ3) is 4.67. The lowest BCUT2D eigenvalue weighted by molar-refractivity contribution is 0.483. The molecule has 0 saturated carbocycles. The number of hydrogen-bond donors (Lipinski definition) is 2. The summed E-state index contributed by atoms with van der Waals surface area (Å²) in [5, 5.41) is 4.24. The van der Waals surface area contributed by atoms with Crippen LogP contribution in [0.2, 0.25) is 5.02 Å². The van der Waals surface area contributed by atoms with Crippen LogP contribution in [-0.2, 0) is 13.0 Å². The first-order valence-electron chi connectivity index (χ1n) is 8.91. The molecule has 0 saturated heterocycles. The Labute approximate surface area is 163 Å². The standard InChI is InChI=1S/C22H20ClN3O/c23-18-5-1-16(2-6-18)11-12-24-14-17-3-7-19(8-4-17)27-20-9-10-21-22(13-20)26-15-25-21/h1-10,13,15,24H,11-12,14H2,(H,25,26).